The van der Waals surface area contributed by atoms with Crippen molar-refractivity contribution in [1.82, 2.24) is 9.88 Å². The van der Waals surface area contributed by atoms with Gasteiger partial charge in [-0.25, -0.2) is 0 Å². The van der Waals surface area contributed by atoms with E-state index in [4.69, 9.17) is 10.1 Å². The maximum atomic E-state index is 12.4. The quantitative estimate of drug-likeness (QED) is 0.747. The van der Waals surface area contributed by atoms with E-state index >= 15 is 0 Å². The molecule has 16 heavy (non-hydrogen) atoms. The second-order valence-electron chi connectivity index (χ2n) is 3.50. The van der Waals surface area contributed by atoms with Gasteiger partial charge in [0, 0.05) is 18.8 Å². The van der Waals surface area contributed by atoms with Crippen molar-refractivity contribution in [1.29, 1.82) is 5.41 Å². The molecule has 1 heterocycles. The lowest BCUT2D eigenvalue weighted by molar-refractivity contribution is 0.397. The van der Waals surface area contributed by atoms with E-state index in [0.717, 1.165) is 0 Å². The Morgan fingerprint density at radius 2 is 2.38 bits per heavy atom. The zero-order valence-electron chi connectivity index (χ0n) is 9.46. The van der Waals surface area contributed by atoms with Gasteiger partial charge in [-0.1, -0.05) is 0 Å². The standard InChI is InChI=1S/C11H16FN3O/c1-8(6-14-9(2)12)15-7-10(16-3)4-5-11(15)13/h4-5,7-8,13-14H,2,6H2,1,3H3/t8-/m0/s1. The predicted octanol–water partition coefficient (Wildman–Crippen LogP) is 1.57. The summed E-state index contributed by atoms with van der Waals surface area (Å²) >= 11 is 0. The summed E-state index contributed by atoms with van der Waals surface area (Å²) in [5.41, 5.74) is 0.347. The highest BCUT2D eigenvalue weighted by Crippen LogP contribution is 2.09. The van der Waals surface area contributed by atoms with Gasteiger partial charge in [-0.3, -0.25) is 5.41 Å². The molecule has 0 bridgehead atoms. The Morgan fingerprint density at radius 1 is 1.69 bits per heavy atom. The van der Waals surface area contributed by atoms with Crippen molar-refractivity contribution in [2.75, 3.05) is 13.7 Å². The summed E-state index contributed by atoms with van der Waals surface area (Å²) in [6.07, 6.45) is 1.72. The summed E-state index contributed by atoms with van der Waals surface area (Å²) in [5, 5.41) is 10.2. The van der Waals surface area contributed by atoms with Gasteiger partial charge in [0.2, 0.25) is 0 Å². The van der Waals surface area contributed by atoms with Gasteiger partial charge >= 0.3 is 0 Å². The van der Waals surface area contributed by atoms with E-state index in [9.17, 15) is 4.39 Å². The smallest absolute Gasteiger partial charge is 0.179 e. The Balaban J connectivity index is 2.85. The lowest BCUT2D eigenvalue weighted by Crippen LogP contribution is -2.29. The number of nitrogens with zero attached hydrogens (tertiary/aromatic N) is 1. The fourth-order valence-corrected chi connectivity index (χ4v) is 1.34. The summed E-state index contributed by atoms with van der Waals surface area (Å²) in [6, 6.07) is 3.29. The molecule has 0 aliphatic heterocycles. The minimum atomic E-state index is -0.568. The molecule has 0 saturated carbocycles. The molecule has 2 N–H and O–H groups in total. The van der Waals surface area contributed by atoms with E-state index in [1.807, 2.05) is 6.92 Å². The number of hydrogen-bond acceptors (Lipinski definition) is 3. The van der Waals surface area contributed by atoms with Crippen LogP contribution in [0.1, 0.15) is 13.0 Å². The maximum absolute atomic E-state index is 12.4. The van der Waals surface area contributed by atoms with E-state index < -0.39 is 5.95 Å². The predicted molar refractivity (Wildman–Crippen MR) is 59.8 cm³/mol. The largest absolute Gasteiger partial charge is 0.495 e. The third-order valence-electron chi connectivity index (χ3n) is 2.25. The highest BCUT2D eigenvalue weighted by molar-refractivity contribution is 5.16. The molecule has 0 aliphatic carbocycles. The lowest BCUT2D eigenvalue weighted by atomic mass is 10.3. The van der Waals surface area contributed by atoms with Crippen molar-refractivity contribution < 1.29 is 9.13 Å². The number of nitrogens with one attached hydrogen (secondary N) is 2. The van der Waals surface area contributed by atoms with Crippen molar-refractivity contribution in [3.05, 3.63) is 36.3 Å². The van der Waals surface area contributed by atoms with Crippen LogP contribution in [-0.4, -0.2) is 18.2 Å². The SMILES string of the molecule is C=C(F)NC[C@H](C)n1cc(OC)ccc1=N. The van der Waals surface area contributed by atoms with Crippen LogP contribution in [0.5, 0.6) is 5.75 Å². The normalized spacial score (nSPS) is 11.9. The molecule has 1 aromatic heterocycles. The first-order chi connectivity index (χ1) is 7.54. The number of aromatic nitrogens is 1. The highest BCUT2D eigenvalue weighted by atomic mass is 19.1. The number of halogens is 1. The van der Waals surface area contributed by atoms with E-state index in [2.05, 4.69) is 11.9 Å². The molecule has 1 rings (SSSR count). The van der Waals surface area contributed by atoms with E-state index in [1.165, 1.54) is 0 Å². The molecule has 88 valence electrons. The highest BCUT2D eigenvalue weighted by Gasteiger charge is 2.06. The van der Waals surface area contributed by atoms with Gasteiger partial charge in [-0.2, -0.15) is 4.39 Å². The molecule has 1 atom stereocenters. The van der Waals surface area contributed by atoms with Gasteiger partial charge in [-0.05, 0) is 25.6 Å². The number of pyridine rings is 1. The number of hydrogen-bond donors (Lipinski definition) is 2. The first-order valence-electron chi connectivity index (χ1n) is 4.93. The van der Waals surface area contributed by atoms with E-state index in [1.54, 1.807) is 30.0 Å². The van der Waals surface area contributed by atoms with Crippen molar-refractivity contribution in [3.8, 4) is 5.75 Å². The minimum Gasteiger partial charge on any atom is -0.495 e. The van der Waals surface area contributed by atoms with Crippen molar-refractivity contribution >= 4 is 0 Å². The molecule has 0 fully saturated rings. The Kier molecular flexibility index (Phi) is 4.10. The Bertz CT molecular complexity index is 427. The molecule has 0 saturated heterocycles. The van der Waals surface area contributed by atoms with Gasteiger partial charge < -0.3 is 14.6 Å². The third kappa shape index (κ3) is 3.12. The van der Waals surface area contributed by atoms with Crippen LogP contribution in [0.25, 0.3) is 0 Å². The summed E-state index contributed by atoms with van der Waals surface area (Å²) < 4.78 is 19.2. The molecular weight excluding hydrogens is 209 g/mol. The molecule has 1 aromatic rings. The van der Waals surface area contributed by atoms with Gasteiger partial charge in [0.1, 0.15) is 11.2 Å². The summed E-state index contributed by atoms with van der Waals surface area (Å²) in [5.74, 6) is 0.101. The molecule has 0 amide bonds. The molecule has 0 unspecified atom stereocenters. The fraction of sp³-hybridized carbons (Fsp3) is 0.364. The third-order valence-corrected chi connectivity index (χ3v) is 2.25. The van der Waals surface area contributed by atoms with Crippen LogP contribution in [0.15, 0.2) is 30.9 Å². The molecule has 5 heteroatoms. The molecule has 0 aliphatic rings. The molecule has 0 aromatic carbocycles. The summed E-state index contributed by atoms with van der Waals surface area (Å²) in [4.78, 5) is 0. The number of ether oxygens (including phenoxy) is 1. The van der Waals surface area contributed by atoms with Crippen LogP contribution < -0.4 is 15.5 Å². The van der Waals surface area contributed by atoms with Gasteiger partial charge in [0.15, 0.2) is 5.95 Å². The number of rotatable bonds is 5. The topological polar surface area (TPSA) is 50.0 Å². The van der Waals surface area contributed by atoms with Crippen LogP contribution in [0.4, 0.5) is 4.39 Å². The maximum Gasteiger partial charge on any atom is 0.179 e. The van der Waals surface area contributed by atoms with Crippen molar-refractivity contribution in [2.24, 2.45) is 0 Å². The summed E-state index contributed by atoms with van der Waals surface area (Å²) in [6.45, 7) is 5.37. The Labute approximate surface area is 93.9 Å². The van der Waals surface area contributed by atoms with E-state index in [-0.39, 0.29) is 6.04 Å². The fourth-order valence-electron chi connectivity index (χ4n) is 1.34. The summed E-state index contributed by atoms with van der Waals surface area (Å²) in [7, 11) is 1.57. The second kappa shape index (κ2) is 5.34. The average molecular weight is 225 g/mol. The van der Waals surface area contributed by atoms with Gasteiger partial charge in [-0.15, -0.1) is 0 Å². The van der Waals surface area contributed by atoms with Crippen LogP contribution >= 0.6 is 0 Å². The molecule has 0 spiro atoms. The van der Waals surface area contributed by atoms with Crippen molar-refractivity contribution in [2.45, 2.75) is 13.0 Å². The molecular formula is C11H16FN3O. The Morgan fingerprint density at radius 3 is 2.94 bits per heavy atom. The molecule has 0 radical (unpaired) electrons. The second-order valence-corrected chi connectivity index (χ2v) is 3.50. The first kappa shape index (κ1) is 12.3. The first-order valence-corrected chi connectivity index (χ1v) is 4.93. The zero-order chi connectivity index (χ0) is 12.1. The van der Waals surface area contributed by atoms with Crippen LogP contribution in [0, 0.1) is 5.41 Å². The molecule has 4 nitrogen and oxygen atoms in total. The van der Waals surface area contributed by atoms with Gasteiger partial charge in [0.25, 0.3) is 0 Å². The lowest BCUT2D eigenvalue weighted by Gasteiger charge is -2.17. The number of methoxy groups -OCH3 is 1. The van der Waals surface area contributed by atoms with E-state index in [0.29, 0.717) is 17.8 Å². The monoisotopic (exact) mass is 225 g/mol. The zero-order valence-corrected chi connectivity index (χ0v) is 9.46. The Hall–Kier alpha value is -1.78. The minimum absolute atomic E-state index is 0.0601. The van der Waals surface area contributed by atoms with Gasteiger partial charge in [0.05, 0.1) is 7.11 Å². The van der Waals surface area contributed by atoms with Crippen LogP contribution in [0.3, 0.4) is 0 Å². The van der Waals surface area contributed by atoms with Crippen LogP contribution in [0.2, 0.25) is 0 Å². The average Bonchev–Trinajstić information content (AvgIpc) is 2.26. The van der Waals surface area contributed by atoms with Crippen LogP contribution in [-0.2, 0) is 0 Å². The van der Waals surface area contributed by atoms with Crippen molar-refractivity contribution in [3.63, 3.8) is 0 Å².